The summed E-state index contributed by atoms with van der Waals surface area (Å²) in [5, 5.41) is 10.6. The lowest BCUT2D eigenvalue weighted by Gasteiger charge is -2.11. The molecule has 0 saturated carbocycles. The highest BCUT2D eigenvalue weighted by atomic mass is 16.1. The Morgan fingerprint density at radius 3 is 3.00 bits per heavy atom. The molecule has 0 saturated heterocycles. The van der Waals surface area contributed by atoms with Crippen LogP contribution in [0.5, 0.6) is 0 Å². The number of carbonyl (C=O) groups excluding carboxylic acids is 2. The van der Waals surface area contributed by atoms with E-state index in [0.717, 1.165) is 5.12 Å². The van der Waals surface area contributed by atoms with Crippen LogP contribution in [0.2, 0.25) is 0 Å². The van der Waals surface area contributed by atoms with Gasteiger partial charge in [-0.15, -0.1) is 15.2 Å². The molecule has 1 heterocycles. The Kier molecular flexibility index (Phi) is 2.45. The Labute approximate surface area is 65.9 Å². The Hall–Kier alpha value is -2.30. The zero-order valence-electron chi connectivity index (χ0n) is 5.63. The van der Waals surface area contributed by atoms with Crippen molar-refractivity contribution in [3.05, 3.63) is 12.0 Å². The maximum Gasteiger partial charge on any atom is 0.260 e. The van der Waals surface area contributed by atoms with Gasteiger partial charge in [-0.25, -0.2) is 9.59 Å². The van der Waals surface area contributed by atoms with Crippen LogP contribution < -0.4 is 5.53 Å². The van der Waals surface area contributed by atoms with Gasteiger partial charge in [-0.1, -0.05) is 5.10 Å². The summed E-state index contributed by atoms with van der Waals surface area (Å²) >= 11 is 0. The molecule has 60 valence electrons. The fourth-order valence-corrected chi connectivity index (χ4v) is 0.477. The second kappa shape index (κ2) is 3.77. The maximum absolute atomic E-state index is 9.76. The van der Waals surface area contributed by atoms with Crippen LogP contribution >= 0.6 is 0 Å². The second-order valence-corrected chi connectivity index (χ2v) is 1.53. The first kappa shape index (κ1) is 7.80. The molecule has 0 aromatic heterocycles. The van der Waals surface area contributed by atoms with Gasteiger partial charge in [-0.3, -0.25) is 0 Å². The van der Waals surface area contributed by atoms with E-state index in [-0.39, 0.29) is 5.82 Å². The van der Waals surface area contributed by atoms with Crippen LogP contribution in [0, 0.1) is 0 Å². The molecule has 0 atom stereocenters. The van der Waals surface area contributed by atoms with Crippen molar-refractivity contribution in [1.82, 2.24) is 10.7 Å². The highest BCUT2D eigenvalue weighted by Crippen LogP contribution is 2.04. The predicted octanol–water partition coefficient (Wildman–Crippen LogP) is -0.441. The maximum atomic E-state index is 9.76. The molecule has 0 radical (unpaired) electrons. The number of nitrogens with one attached hydrogen (secondary N) is 1. The summed E-state index contributed by atoms with van der Waals surface area (Å²) in [5.41, 5.74) is 2.20. The van der Waals surface area contributed by atoms with E-state index < -0.39 is 0 Å². The number of hydrogen-bond donors (Lipinski definition) is 1. The minimum atomic E-state index is -0.0113. The van der Waals surface area contributed by atoms with Crippen molar-refractivity contribution in [2.45, 2.75) is 0 Å². The van der Waals surface area contributed by atoms with Gasteiger partial charge < -0.3 is 0 Å². The van der Waals surface area contributed by atoms with Crippen LogP contribution in [0.25, 0.3) is 0 Å². The number of nitrogens with zero attached hydrogens (tertiary/aromatic N) is 5. The van der Waals surface area contributed by atoms with Crippen molar-refractivity contribution in [2.24, 2.45) is 20.4 Å². The number of hydrazine groups is 1. The lowest BCUT2D eigenvalue weighted by atomic mass is 10.7. The first-order chi connectivity index (χ1) is 5.86. The highest BCUT2D eigenvalue weighted by molar-refractivity contribution is 5.36. The molecule has 1 rings (SSSR count). The standard InChI is InChI=1S/C4H2N6O2/c11-2-5-4-1-10(6-3-12)9-8-7-4/h1H,(H,7,9). The topological polar surface area (TPSA) is 98.8 Å². The smallest absolute Gasteiger partial charge is 0.211 e. The molecule has 0 aliphatic carbocycles. The van der Waals surface area contributed by atoms with Crippen molar-refractivity contribution in [2.75, 3.05) is 0 Å². The molecule has 0 fully saturated rings. The van der Waals surface area contributed by atoms with Crippen molar-refractivity contribution in [3.8, 4) is 0 Å². The molecular formula is C4H2N6O2. The van der Waals surface area contributed by atoms with Gasteiger partial charge in [0.2, 0.25) is 11.9 Å². The third-order valence-corrected chi connectivity index (χ3v) is 0.846. The zero-order chi connectivity index (χ0) is 8.81. The molecule has 12 heavy (non-hydrogen) atoms. The van der Waals surface area contributed by atoms with Crippen molar-refractivity contribution in [1.29, 1.82) is 0 Å². The number of hydrogen-bond acceptors (Lipinski definition) is 8. The van der Waals surface area contributed by atoms with Crippen LogP contribution in [0.1, 0.15) is 0 Å². The van der Waals surface area contributed by atoms with E-state index in [0.29, 0.717) is 0 Å². The first-order valence-electron chi connectivity index (χ1n) is 2.70. The SMILES string of the molecule is O=C=NC1=CN(N=C=O)NN=N1. The monoisotopic (exact) mass is 166 g/mol. The number of isocyanates is 2. The summed E-state index contributed by atoms with van der Waals surface area (Å²) in [6.45, 7) is 0. The van der Waals surface area contributed by atoms with Crippen LogP contribution in [-0.4, -0.2) is 17.3 Å². The fourth-order valence-electron chi connectivity index (χ4n) is 0.477. The van der Waals surface area contributed by atoms with E-state index >= 15 is 0 Å². The average Bonchev–Trinajstić information content (AvgIpc) is 2.06. The minimum absolute atomic E-state index is 0.0113. The molecule has 1 N–H and O–H groups in total. The summed E-state index contributed by atoms with van der Waals surface area (Å²) in [7, 11) is 0. The molecule has 0 aromatic carbocycles. The number of rotatable bonds is 2. The van der Waals surface area contributed by atoms with Crippen LogP contribution in [0.4, 0.5) is 0 Å². The van der Waals surface area contributed by atoms with Crippen molar-refractivity contribution >= 4 is 12.2 Å². The summed E-state index contributed by atoms with van der Waals surface area (Å²) < 4.78 is 0. The van der Waals surface area contributed by atoms with Crippen LogP contribution in [0.3, 0.4) is 0 Å². The average molecular weight is 166 g/mol. The first-order valence-corrected chi connectivity index (χ1v) is 2.70. The Morgan fingerprint density at radius 2 is 2.33 bits per heavy atom. The van der Waals surface area contributed by atoms with Crippen LogP contribution in [0.15, 0.2) is 32.5 Å². The van der Waals surface area contributed by atoms with E-state index in [1.807, 2.05) is 0 Å². The lowest BCUT2D eigenvalue weighted by Crippen LogP contribution is -2.25. The summed E-state index contributed by atoms with van der Waals surface area (Å²) in [5.74, 6) is -0.0113. The molecule has 0 aromatic rings. The minimum Gasteiger partial charge on any atom is -0.211 e. The number of hydrazone groups is 1. The van der Waals surface area contributed by atoms with Gasteiger partial charge in [-0.2, -0.15) is 5.53 Å². The Bertz CT molecular complexity index is 320. The highest BCUT2D eigenvalue weighted by Gasteiger charge is 2.03. The lowest BCUT2D eigenvalue weighted by molar-refractivity contribution is 0.264. The number of aliphatic imine (C=N–C) groups is 1. The van der Waals surface area contributed by atoms with E-state index in [4.69, 9.17) is 0 Å². The fraction of sp³-hybridized carbons (Fsp3) is 0. The van der Waals surface area contributed by atoms with E-state index in [9.17, 15) is 9.59 Å². The summed E-state index contributed by atoms with van der Waals surface area (Å²) in [4.78, 5) is 22.7. The molecular weight excluding hydrogens is 164 g/mol. The summed E-state index contributed by atoms with van der Waals surface area (Å²) in [6.07, 6.45) is 3.68. The van der Waals surface area contributed by atoms with Gasteiger partial charge in [0, 0.05) is 0 Å². The summed E-state index contributed by atoms with van der Waals surface area (Å²) in [6, 6.07) is 0. The van der Waals surface area contributed by atoms with Gasteiger partial charge in [0.25, 0.3) is 6.08 Å². The molecule has 0 amide bonds. The van der Waals surface area contributed by atoms with Crippen LogP contribution in [-0.2, 0) is 9.59 Å². The Morgan fingerprint density at radius 1 is 1.50 bits per heavy atom. The van der Waals surface area contributed by atoms with Gasteiger partial charge >= 0.3 is 0 Å². The van der Waals surface area contributed by atoms with Crippen molar-refractivity contribution in [3.63, 3.8) is 0 Å². The van der Waals surface area contributed by atoms with E-state index in [2.05, 4.69) is 26.0 Å². The zero-order valence-corrected chi connectivity index (χ0v) is 5.63. The molecule has 1 aliphatic heterocycles. The predicted molar refractivity (Wildman–Crippen MR) is 34.2 cm³/mol. The van der Waals surface area contributed by atoms with Crippen molar-refractivity contribution < 1.29 is 9.59 Å². The van der Waals surface area contributed by atoms with Gasteiger partial charge in [0.05, 0.1) is 6.20 Å². The molecule has 0 unspecified atom stereocenters. The molecule has 8 nitrogen and oxygen atoms in total. The third-order valence-electron chi connectivity index (χ3n) is 0.846. The van der Waals surface area contributed by atoms with Gasteiger partial charge in [-0.05, 0) is 5.22 Å². The Balaban J connectivity index is 2.81. The molecule has 0 spiro atoms. The van der Waals surface area contributed by atoms with E-state index in [1.165, 1.54) is 18.4 Å². The van der Waals surface area contributed by atoms with E-state index in [1.54, 1.807) is 0 Å². The molecule has 0 bridgehead atoms. The normalized spacial score (nSPS) is 13.7. The van der Waals surface area contributed by atoms with Gasteiger partial charge in [0.15, 0.2) is 0 Å². The second-order valence-electron chi connectivity index (χ2n) is 1.53. The quantitative estimate of drug-likeness (QED) is 0.444. The molecule has 1 aliphatic rings. The third kappa shape index (κ3) is 1.84. The van der Waals surface area contributed by atoms with Gasteiger partial charge in [0.1, 0.15) is 0 Å². The largest absolute Gasteiger partial charge is 0.260 e. The molecule has 8 heteroatoms.